The second-order valence-corrected chi connectivity index (χ2v) is 5.11. The summed E-state index contributed by atoms with van der Waals surface area (Å²) in [6.45, 7) is 2.04. The van der Waals surface area contributed by atoms with Crippen LogP contribution in [0.25, 0.3) is 0 Å². The normalized spacial score (nSPS) is 16.8. The first-order valence-electron chi connectivity index (χ1n) is 6.62. The molecule has 2 aromatic rings. The van der Waals surface area contributed by atoms with Crippen LogP contribution in [0, 0.1) is 10.1 Å². The first-order chi connectivity index (χ1) is 10.1. The van der Waals surface area contributed by atoms with Gasteiger partial charge in [-0.15, -0.1) is 0 Å². The van der Waals surface area contributed by atoms with Crippen molar-refractivity contribution in [2.75, 3.05) is 4.90 Å². The Kier molecular flexibility index (Phi) is 3.17. The molecule has 0 N–H and O–H groups in total. The zero-order valence-corrected chi connectivity index (χ0v) is 11.5. The molecule has 0 bridgehead atoms. The number of anilines is 1. The van der Waals surface area contributed by atoms with Gasteiger partial charge in [0.25, 0.3) is 0 Å². The molecule has 0 aliphatic carbocycles. The van der Waals surface area contributed by atoms with Crippen LogP contribution in [-0.4, -0.2) is 26.4 Å². The molecule has 0 radical (unpaired) electrons. The summed E-state index contributed by atoms with van der Waals surface area (Å²) in [5.41, 5.74) is 2.07. The molecule has 1 amide bonds. The average molecular weight is 286 g/mol. The van der Waals surface area contributed by atoms with E-state index < -0.39 is 4.92 Å². The Bertz CT molecular complexity index is 710. The minimum Gasteiger partial charge on any atom is -0.358 e. The number of para-hydroxylation sites is 1. The second kappa shape index (κ2) is 5.01. The highest BCUT2D eigenvalue weighted by molar-refractivity contribution is 5.96. The molecule has 7 heteroatoms. The van der Waals surface area contributed by atoms with E-state index in [0.29, 0.717) is 0 Å². The number of rotatable bonds is 3. The molecule has 1 aromatic carbocycles. The lowest BCUT2D eigenvalue weighted by molar-refractivity contribution is -0.389. The van der Waals surface area contributed by atoms with E-state index in [1.165, 1.54) is 17.1 Å². The van der Waals surface area contributed by atoms with Crippen molar-refractivity contribution in [1.29, 1.82) is 0 Å². The maximum atomic E-state index is 12.5. The summed E-state index contributed by atoms with van der Waals surface area (Å²) in [4.78, 5) is 27.9. The fraction of sp³-hybridized carbons (Fsp3) is 0.286. The lowest BCUT2D eigenvalue weighted by Gasteiger charge is -2.22. The summed E-state index contributed by atoms with van der Waals surface area (Å²) < 4.78 is 1.44. The molecule has 1 aliphatic rings. The Morgan fingerprint density at radius 2 is 2.24 bits per heavy atom. The van der Waals surface area contributed by atoms with Crippen LogP contribution >= 0.6 is 0 Å². The van der Waals surface area contributed by atoms with Crippen molar-refractivity contribution in [3.05, 3.63) is 52.5 Å². The number of nitro groups is 1. The predicted molar refractivity (Wildman–Crippen MR) is 76.0 cm³/mol. The van der Waals surface area contributed by atoms with Gasteiger partial charge in [0.15, 0.2) is 0 Å². The Morgan fingerprint density at radius 1 is 1.48 bits per heavy atom. The number of fused-ring (bicyclic) bond motifs is 1. The maximum absolute atomic E-state index is 12.5. The van der Waals surface area contributed by atoms with E-state index in [4.69, 9.17) is 0 Å². The van der Waals surface area contributed by atoms with Gasteiger partial charge in [-0.3, -0.25) is 4.79 Å². The number of hydrogen-bond acceptors (Lipinski definition) is 4. The van der Waals surface area contributed by atoms with Gasteiger partial charge in [0.2, 0.25) is 12.2 Å². The topological polar surface area (TPSA) is 81.3 Å². The van der Waals surface area contributed by atoms with Crippen LogP contribution in [0.1, 0.15) is 12.5 Å². The van der Waals surface area contributed by atoms with Crippen molar-refractivity contribution in [3.63, 3.8) is 0 Å². The van der Waals surface area contributed by atoms with E-state index in [0.717, 1.165) is 17.7 Å². The molecule has 0 saturated heterocycles. The molecule has 1 aliphatic heterocycles. The summed E-state index contributed by atoms with van der Waals surface area (Å²) in [6, 6.07) is 7.89. The molecule has 0 saturated carbocycles. The Morgan fingerprint density at radius 3 is 2.95 bits per heavy atom. The minimum atomic E-state index is -0.575. The summed E-state index contributed by atoms with van der Waals surface area (Å²) in [7, 11) is 0. The Labute approximate surface area is 121 Å². The largest absolute Gasteiger partial charge is 0.381 e. The third-order valence-electron chi connectivity index (χ3n) is 3.60. The predicted octanol–water partition coefficient (Wildman–Crippen LogP) is 1.77. The lowest BCUT2D eigenvalue weighted by atomic mass is 10.1. The molecule has 0 unspecified atom stereocenters. The van der Waals surface area contributed by atoms with Crippen LogP contribution in [0.5, 0.6) is 0 Å². The molecule has 3 rings (SSSR count). The van der Waals surface area contributed by atoms with Gasteiger partial charge in [-0.25, -0.2) is 0 Å². The molecule has 1 atom stereocenters. The molecule has 7 nitrogen and oxygen atoms in total. The average Bonchev–Trinajstić information content (AvgIpc) is 3.01. The van der Waals surface area contributed by atoms with Crippen LogP contribution < -0.4 is 4.90 Å². The highest BCUT2D eigenvalue weighted by Crippen LogP contribution is 2.31. The van der Waals surface area contributed by atoms with Gasteiger partial charge in [-0.05, 0) is 34.9 Å². The second-order valence-electron chi connectivity index (χ2n) is 5.11. The van der Waals surface area contributed by atoms with E-state index in [1.54, 1.807) is 4.90 Å². The number of benzene rings is 1. The summed E-state index contributed by atoms with van der Waals surface area (Å²) >= 11 is 0. The van der Waals surface area contributed by atoms with Gasteiger partial charge in [0, 0.05) is 11.7 Å². The van der Waals surface area contributed by atoms with E-state index in [2.05, 4.69) is 4.98 Å². The highest BCUT2D eigenvalue weighted by atomic mass is 16.6. The monoisotopic (exact) mass is 286 g/mol. The number of hydrogen-bond donors (Lipinski definition) is 0. The van der Waals surface area contributed by atoms with Gasteiger partial charge >= 0.3 is 5.82 Å². The number of carbonyl (C=O) groups is 1. The van der Waals surface area contributed by atoms with Crippen LogP contribution in [0.3, 0.4) is 0 Å². The first kappa shape index (κ1) is 13.3. The van der Waals surface area contributed by atoms with E-state index in [1.807, 2.05) is 31.2 Å². The summed E-state index contributed by atoms with van der Waals surface area (Å²) in [6.07, 6.45) is 3.40. The van der Waals surface area contributed by atoms with Gasteiger partial charge in [-0.2, -0.15) is 0 Å². The van der Waals surface area contributed by atoms with Crippen LogP contribution in [0.15, 0.2) is 36.8 Å². The zero-order chi connectivity index (χ0) is 15.0. The minimum absolute atomic E-state index is 0.0412. The van der Waals surface area contributed by atoms with Crippen molar-refractivity contribution < 1.29 is 9.72 Å². The highest BCUT2D eigenvalue weighted by Gasteiger charge is 2.30. The molecule has 108 valence electrons. The van der Waals surface area contributed by atoms with Crippen LogP contribution in [0.2, 0.25) is 0 Å². The van der Waals surface area contributed by atoms with Crippen molar-refractivity contribution in [1.82, 2.24) is 9.55 Å². The quantitative estimate of drug-likeness (QED) is 0.636. The molecule has 2 heterocycles. The smallest absolute Gasteiger partial charge is 0.358 e. The van der Waals surface area contributed by atoms with Gasteiger partial charge < -0.3 is 19.6 Å². The number of carbonyl (C=O) groups excluding carboxylic acids is 1. The molecule has 0 fully saturated rings. The van der Waals surface area contributed by atoms with Gasteiger partial charge in [0.1, 0.15) is 12.7 Å². The summed E-state index contributed by atoms with van der Waals surface area (Å²) in [5.74, 6) is -0.350. The molecule has 1 aromatic heterocycles. The van der Waals surface area contributed by atoms with Crippen molar-refractivity contribution in [2.45, 2.75) is 25.9 Å². The number of imidazole rings is 1. The maximum Gasteiger partial charge on any atom is 0.381 e. The molecular weight excluding hydrogens is 272 g/mol. The SMILES string of the molecule is C[C@@H]1Cc2ccccc2N1C(=O)Cn1cnc([N+](=O)[O-])c1. The van der Waals surface area contributed by atoms with E-state index in [-0.39, 0.29) is 24.3 Å². The van der Waals surface area contributed by atoms with Crippen molar-refractivity contribution in [3.8, 4) is 0 Å². The van der Waals surface area contributed by atoms with Crippen molar-refractivity contribution in [2.24, 2.45) is 0 Å². The molecule has 21 heavy (non-hydrogen) atoms. The molecular formula is C14H14N4O3. The fourth-order valence-electron chi connectivity index (χ4n) is 2.71. The van der Waals surface area contributed by atoms with Crippen molar-refractivity contribution >= 4 is 17.4 Å². The third-order valence-corrected chi connectivity index (χ3v) is 3.60. The number of aromatic nitrogens is 2. The Balaban J connectivity index is 1.80. The summed E-state index contributed by atoms with van der Waals surface area (Å²) in [5, 5.41) is 10.6. The Hall–Kier alpha value is -2.70. The van der Waals surface area contributed by atoms with Gasteiger partial charge in [0.05, 0.1) is 0 Å². The standard InChI is InChI=1S/C14H14N4O3/c1-10-6-11-4-2-3-5-12(11)17(10)14(19)8-16-7-13(15-9-16)18(20)21/h2-5,7,9-10H,6,8H2,1H3/t10-/m1/s1. The lowest BCUT2D eigenvalue weighted by Crippen LogP contribution is -2.37. The van der Waals surface area contributed by atoms with E-state index in [9.17, 15) is 14.9 Å². The zero-order valence-electron chi connectivity index (χ0n) is 11.5. The third kappa shape index (κ3) is 2.37. The number of amides is 1. The van der Waals surface area contributed by atoms with Gasteiger partial charge in [-0.1, -0.05) is 18.2 Å². The molecule has 0 spiro atoms. The van der Waals surface area contributed by atoms with Crippen LogP contribution in [-0.2, 0) is 17.8 Å². The van der Waals surface area contributed by atoms with Crippen LogP contribution in [0.4, 0.5) is 11.5 Å². The fourth-order valence-corrected chi connectivity index (χ4v) is 2.71. The first-order valence-corrected chi connectivity index (χ1v) is 6.62. The van der Waals surface area contributed by atoms with E-state index >= 15 is 0 Å². The number of nitrogens with zero attached hydrogens (tertiary/aromatic N) is 4.